The minimum Gasteiger partial charge on any atom is -0.361 e. The number of fused-ring (bicyclic) bond motifs is 2. The first-order chi connectivity index (χ1) is 10.2. The molecule has 0 radical (unpaired) electrons. The van der Waals surface area contributed by atoms with Crippen LogP contribution in [0.1, 0.15) is 0 Å². The highest BCUT2D eigenvalue weighted by Crippen LogP contribution is 2.26. The number of aromatic amines is 2. The Morgan fingerprint density at radius 2 is 1.95 bits per heavy atom. The van der Waals surface area contributed by atoms with E-state index in [0.717, 1.165) is 10.9 Å². The van der Waals surface area contributed by atoms with E-state index < -0.39 is 0 Å². The summed E-state index contributed by atoms with van der Waals surface area (Å²) < 4.78 is 13.7. The van der Waals surface area contributed by atoms with Crippen molar-refractivity contribution in [2.45, 2.75) is 0 Å². The number of nitrogens with one attached hydrogen (secondary N) is 2. The molecule has 4 aromatic rings. The van der Waals surface area contributed by atoms with Gasteiger partial charge in [-0.25, -0.2) is 9.37 Å². The lowest BCUT2D eigenvalue weighted by Crippen LogP contribution is -2.09. The van der Waals surface area contributed by atoms with Gasteiger partial charge in [-0.05, 0) is 30.3 Å². The van der Waals surface area contributed by atoms with E-state index in [1.807, 2.05) is 6.07 Å². The van der Waals surface area contributed by atoms with Crippen LogP contribution in [-0.2, 0) is 0 Å². The van der Waals surface area contributed by atoms with Crippen molar-refractivity contribution >= 4 is 21.8 Å². The quantitative estimate of drug-likeness (QED) is 0.562. The summed E-state index contributed by atoms with van der Waals surface area (Å²) in [5.41, 5.74) is 1.63. The van der Waals surface area contributed by atoms with Gasteiger partial charge in [0.15, 0.2) is 0 Å². The smallest absolute Gasteiger partial charge is 0.259 e. The summed E-state index contributed by atoms with van der Waals surface area (Å²) in [4.78, 5) is 22.3. The summed E-state index contributed by atoms with van der Waals surface area (Å²) in [6, 6.07) is 11.7. The van der Waals surface area contributed by atoms with Crippen LogP contribution < -0.4 is 5.56 Å². The fraction of sp³-hybridized carbons (Fsp3) is 0. The van der Waals surface area contributed by atoms with Crippen LogP contribution in [-0.4, -0.2) is 15.0 Å². The number of hydrogen-bond donors (Lipinski definition) is 2. The third-order valence-electron chi connectivity index (χ3n) is 3.49. The van der Waals surface area contributed by atoms with Gasteiger partial charge in [0, 0.05) is 17.1 Å². The molecule has 0 spiro atoms. The molecule has 0 saturated heterocycles. The van der Waals surface area contributed by atoms with Gasteiger partial charge in [-0.3, -0.25) is 4.79 Å². The number of halogens is 1. The number of aromatic nitrogens is 3. The standard InChI is InChI=1S/C16H10FN3O/c17-10-7-9-5-6-18-14(9)12(8-10)15-19-13-4-2-1-3-11(13)16(21)20-15/h1-8,18H,(H,19,20,21). The summed E-state index contributed by atoms with van der Waals surface area (Å²) in [6.07, 6.45) is 1.73. The highest BCUT2D eigenvalue weighted by atomic mass is 19.1. The molecule has 2 aromatic carbocycles. The van der Waals surface area contributed by atoms with Crippen LogP contribution in [0.2, 0.25) is 0 Å². The normalized spacial score (nSPS) is 11.3. The first-order valence-electron chi connectivity index (χ1n) is 6.48. The largest absolute Gasteiger partial charge is 0.361 e. The molecule has 0 aliphatic carbocycles. The van der Waals surface area contributed by atoms with Crippen LogP contribution in [0.4, 0.5) is 4.39 Å². The van der Waals surface area contributed by atoms with Gasteiger partial charge < -0.3 is 9.97 Å². The Balaban J connectivity index is 2.09. The van der Waals surface area contributed by atoms with Crippen molar-refractivity contribution in [3.05, 3.63) is 64.8 Å². The van der Waals surface area contributed by atoms with Crippen molar-refractivity contribution in [3.63, 3.8) is 0 Å². The van der Waals surface area contributed by atoms with Crippen LogP contribution in [0.25, 0.3) is 33.2 Å². The van der Waals surface area contributed by atoms with Crippen molar-refractivity contribution in [1.29, 1.82) is 0 Å². The monoisotopic (exact) mass is 279 g/mol. The van der Waals surface area contributed by atoms with Crippen LogP contribution >= 0.6 is 0 Å². The molecule has 102 valence electrons. The molecular weight excluding hydrogens is 269 g/mol. The van der Waals surface area contributed by atoms with Crippen molar-refractivity contribution in [2.75, 3.05) is 0 Å². The second-order valence-electron chi connectivity index (χ2n) is 4.83. The van der Waals surface area contributed by atoms with Gasteiger partial charge in [0.25, 0.3) is 5.56 Å². The maximum atomic E-state index is 13.7. The first kappa shape index (κ1) is 11.8. The second kappa shape index (κ2) is 4.28. The lowest BCUT2D eigenvalue weighted by molar-refractivity contribution is 0.630. The third kappa shape index (κ3) is 1.82. The Labute approximate surface area is 118 Å². The highest BCUT2D eigenvalue weighted by Gasteiger charge is 2.11. The number of nitrogens with zero attached hydrogens (tertiary/aromatic N) is 1. The molecule has 5 heteroatoms. The fourth-order valence-corrected chi connectivity index (χ4v) is 2.54. The average molecular weight is 279 g/mol. The number of hydrogen-bond acceptors (Lipinski definition) is 2. The molecule has 0 bridgehead atoms. The third-order valence-corrected chi connectivity index (χ3v) is 3.49. The summed E-state index contributed by atoms with van der Waals surface area (Å²) in [7, 11) is 0. The number of rotatable bonds is 1. The Morgan fingerprint density at radius 1 is 1.10 bits per heavy atom. The second-order valence-corrected chi connectivity index (χ2v) is 4.83. The molecule has 2 aromatic heterocycles. The van der Waals surface area contributed by atoms with Crippen LogP contribution in [0, 0.1) is 5.82 Å². The van der Waals surface area contributed by atoms with Crippen molar-refractivity contribution in [1.82, 2.24) is 15.0 Å². The van der Waals surface area contributed by atoms with Crippen molar-refractivity contribution in [3.8, 4) is 11.4 Å². The average Bonchev–Trinajstić information content (AvgIpc) is 2.94. The van der Waals surface area contributed by atoms with E-state index in [0.29, 0.717) is 22.3 Å². The van der Waals surface area contributed by atoms with Crippen LogP contribution in [0.3, 0.4) is 0 Å². The maximum Gasteiger partial charge on any atom is 0.259 e. The van der Waals surface area contributed by atoms with E-state index in [4.69, 9.17) is 0 Å². The minimum atomic E-state index is -0.368. The number of benzene rings is 2. The molecule has 21 heavy (non-hydrogen) atoms. The molecular formula is C16H10FN3O. The zero-order chi connectivity index (χ0) is 14.4. The maximum absolute atomic E-state index is 13.7. The lowest BCUT2D eigenvalue weighted by Gasteiger charge is -2.05. The van der Waals surface area contributed by atoms with Gasteiger partial charge in [-0.15, -0.1) is 0 Å². The van der Waals surface area contributed by atoms with Gasteiger partial charge in [0.1, 0.15) is 11.6 Å². The SMILES string of the molecule is O=c1[nH]c(-c2cc(F)cc3cc[nH]c23)nc2ccccc12. The molecule has 2 N–H and O–H groups in total. The molecule has 0 saturated carbocycles. The number of para-hydroxylation sites is 1. The topological polar surface area (TPSA) is 61.5 Å². The van der Waals surface area contributed by atoms with Gasteiger partial charge in [-0.1, -0.05) is 12.1 Å². The summed E-state index contributed by atoms with van der Waals surface area (Å²) in [5, 5.41) is 1.25. The van der Waals surface area contributed by atoms with Gasteiger partial charge in [0.2, 0.25) is 0 Å². The molecule has 0 unspecified atom stereocenters. The predicted molar refractivity (Wildman–Crippen MR) is 79.6 cm³/mol. The first-order valence-corrected chi connectivity index (χ1v) is 6.48. The summed E-state index contributed by atoms with van der Waals surface area (Å²) in [5.74, 6) is -0.0152. The summed E-state index contributed by atoms with van der Waals surface area (Å²) >= 11 is 0. The molecule has 0 atom stereocenters. The Hall–Kier alpha value is -2.95. The van der Waals surface area contributed by atoms with Crippen LogP contribution in [0.5, 0.6) is 0 Å². The molecule has 0 fully saturated rings. The molecule has 0 amide bonds. The van der Waals surface area contributed by atoms with Crippen LogP contribution in [0.15, 0.2) is 53.5 Å². The molecule has 4 rings (SSSR count). The highest BCUT2D eigenvalue weighted by molar-refractivity contribution is 5.93. The number of H-pyrrole nitrogens is 2. The van der Waals surface area contributed by atoms with E-state index in [1.54, 1.807) is 30.5 Å². The van der Waals surface area contributed by atoms with Crippen molar-refractivity contribution in [2.24, 2.45) is 0 Å². The summed E-state index contributed by atoms with van der Waals surface area (Å²) in [6.45, 7) is 0. The zero-order valence-electron chi connectivity index (χ0n) is 10.9. The minimum absolute atomic E-state index is 0.237. The van der Waals surface area contributed by atoms with Gasteiger partial charge in [-0.2, -0.15) is 0 Å². The van der Waals surface area contributed by atoms with E-state index in [-0.39, 0.29) is 11.4 Å². The Bertz CT molecular complexity index is 1030. The van der Waals surface area contributed by atoms with E-state index in [2.05, 4.69) is 15.0 Å². The molecule has 4 nitrogen and oxygen atoms in total. The molecule has 2 heterocycles. The Kier molecular flexibility index (Phi) is 2.41. The Morgan fingerprint density at radius 3 is 2.86 bits per heavy atom. The van der Waals surface area contributed by atoms with Crippen molar-refractivity contribution < 1.29 is 4.39 Å². The zero-order valence-corrected chi connectivity index (χ0v) is 10.9. The van der Waals surface area contributed by atoms with Gasteiger partial charge >= 0.3 is 0 Å². The lowest BCUT2D eigenvalue weighted by atomic mass is 10.1. The van der Waals surface area contributed by atoms with E-state index >= 15 is 0 Å². The molecule has 0 aliphatic heterocycles. The van der Waals surface area contributed by atoms with E-state index in [9.17, 15) is 9.18 Å². The van der Waals surface area contributed by atoms with E-state index in [1.165, 1.54) is 12.1 Å². The predicted octanol–water partition coefficient (Wildman–Crippen LogP) is 3.21. The molecule has 0 aliphatic rings. The fourth-order valence-electron chi connectivity index (χ4n) is 2.54. The van der Waals surface area contributed by atoms with Gasteiger partial charge in [0.05, 0.1) is 16.4 Å².